The van der Waals surface area contributed by atoms with Gasteiger partial charge >= 0.3 is 6.03 Å². The molecule has 2 aliphatic rings. The first kappa shape index (κ1) is 19.9. The summed E-state index contributed by atoms with van der Waals surface area (Å²) < 4.78 is 0. The lowest BCUT2D eigenvalue weighted by Gasteiger charge is -2.34. The molecule has 0 aromatic heterocycles. The van der Waals surface area contributed by atoms with Crippen LogP contribution in [0.3, 0.4) is 0 Å². The third-order valence-corrected chi connectivity index (χ3v) is 5.71. The molecule has 2 aromatic carbocycles. The van der Waals surface area contributed by atoms with E-state index >= 15 is 0 Å². The highest BCUT2D eigenvalue weighted by Gasteiger charge is 2.46. The van der Waals surface area contributed by atoms with Gasteiger partial charge in [-0.15, -0.1) is 0 Å². The van der Waals surface area contributed by atoms with Crippen molar-refractivity contribution < 1.29 is 14.4 Å². The zero-order valence-corrected chi connectivity index (χ0v) is 16.9. The van der Waals surface area contributed by atoms with Gasteiger partial charge in [0, 0.05) is 18.7 Å². The van der Waals surface area contributed by atoms with Gasteiger partial charge in [-0.3, -0.25) is 9.59 Å². The smallest absolute Gasteiger partial charge is 0.319 e. The molecular weight excluding hydrogens is 380 g/mol. The molecule has 0 unspecified atom stereocenters. The Hall–Kier alpha value is -3.35. The summed E-state index contributed by atoms with van der Waals surface area (Å²) in [6, 6.07) is 15.6. The minimum absolute atomic E-state index is 0.0937. The average Bonchev–Trinajstić information content (AvgIpc) is 3.17. The molecule has 7 nitrogen and oxygen atoms in total. The number of fused-ring (bicyclic) bond motifs is 1. The highest BCUT2D eigenvalue weighted by molar-refractivity contribution is 5.98. The summed E-state index contributed by atoms with van der Waals surface area (Å²) in [4.78, 5) is 39.5. The van der Waals surface area contributed by atoms with E-state index in [0.717, 1.165) is 23.2 Å². The summed E-state index contributed by atoms with van der Waals surface area (Å²) in [7, 11) is 0. The quantitative estimate of drug-likeness (QED) is 0.710. The van der Waals surface area contributed by atoms with Crippen LogP contribution in [0.2, 0.25) is 0 Å². The number of amides is 4. The van der Waals surface area contributed by atoms with E-state index in [2.05, 4.69) is 22.9 Å². The molecule has 2 aromatic rings. The summed E-state index contributed by atoms with van der Waals surface area (Å²) in [6.45, 7) is 2.39. The number of benzene rings is 2. The van der Waals surface area contributed by atoms with Crippen molar-refractivity contribution in [3.63, 3.8) is 0 Å². The van der Waals surface area contributed by atoms with Gasteiger partial charge in [-0.05, 0) is 36.1 Å². The van der Waals surface area contributed by atoms with Crippen LogP contribution in [0.25, 0.3) is 0 Å². The Bertz CT molecular complexity index is 946. The van der Waals surface area contributed by atoms with Gasteiger partial charge in [-0.25, -0.2) is 4.79 Å². The first-order valence-corrected chi connectivity index (χ1v) is 10.3. The number of anilines is 1. The highest BCUT2D eigenvalue weighted by atomic mass is 16.2. The number of carbonyl (C=O) groups excluding carboxylic acids is 3. The second-order valence-corrected chi connectivity index (χ2v) is 7.84. The lowest BCUT2D eigenvalue weighted by atomic mass is 10.0. The van der Waals surface area contributed by atoms with Crippen molar-refractivity contribution in [1.82, 2.24) is 15.5 Å². The van der Waals surface area contributed by atoms with Crippen molar-refractivity contribution in [3.05, 3.63) is 65.7 Å². The van der Waals surface area contributed by atoms with Crippen molar-refractivity contribution in [3.8, 4) is 0 Å². The van der Waals surface area contributed by atoms with Crippen LogP contribution in [-0.2, 0) is 22.4 Å². The van der Waals surface area contributed by atoms with Crippen molar-refractivity contribution >= 4 is 23.5 Å². The molecule has 0 radical (unpaired) electrons. The van der Waals surface area contributed by atoms with E-state index in [0.29, 0.717) is 19.4 Å². The zero-order valence-electron chi connectivity index (χ0n) is 16.9. The number of hydrogen-bond donors (Lipinski definition) is 3. The summed E-state index contributed by atoms with van der Waals surface area (Å²) in [5, 5.41) is 8.59. The van der Waals surface area contributed by atoms with Crippen LogP contribution in [0.4, 0.5) is 10.5 Å². The summed E-state index contributed by atoms with van der Waals surface area (Å²) >= 11 is 0. The van der Waals surface area contributed by atoms with E-state index in [1.165, 1.54) is 0 Å². The predicted octanol–water partition coefficient (Wildman–Crippen LogP) is 2.08. The van der Waals surface area contributed by atoms with Crippen molar-refractivity contribution in [2.45, 2.75) is 44.3 Å². The molecule has 0 aliphatic carbocycles. The molecule has 2 aliphatic heterocycles. The average molecular weight is 406 g/mol. The topological polar surface area (TPSA) is 90.5 Å². The molecule has 0 bridgehead atoms. The molecule has 7 heteroatoms. The molecule has 0 spiro atoms. The first-order valence-electron chi connectivity index (χ1n) is 10.3. The predicted molar refractivity (Wildman–Crippen MR) is 114 cm³/mol. The lowest BCUT2D eigenvalue weighted by Crippen LogP contribution is -2.61. The van der Waals surface area contributed by atoms with Crippen LogP contribution >= 0.6 is 0 Å². The van der Waals surface area contributed by atoms with Gasteiger partial charge in [0.15, 0.2) is 0 Å². The number of nitrogens with zero attached hydrogens (tertiary/aromatic N) is 1. The Balaban J connectivity index is 1.36. The molecule has 4 rings (SSSR count). The Labute approximate surface area is 175 Å². The van der Waals surface area contributed by atoms with E-state index in [9.17, 15) is 14.4 Å². The standard InChI is InChI=1S/C23H26N4O3/c1-2-15-9-6-10-17(11-15)24-23(30)25-18-13-20-21(28)26-19(22(29)27(20)14-18)12-16-7-4-3-5-8-16/h3-11,18-20H,2,12-14H2,1H3,(H,26,28)(H2,24,25,30)/t18-,19+,20-/m0/s1. The number of carbonyl (C=O) groups is 3. The Kier molecular flexibility index (Phi) is 5.70. The lowest BCUT2D eigenvalue weighted by molar-refractivity contribution is -0.147. The fourth-order valence-corrected chi connectivity index (χ4v) is 4.17. The van der Waals surface area contributed by atoms with E-state index in [1.54, 1.807) is 4.90 Å². The number of nitrogens with one attached hydrogen (secondary N) is 3. The van der Waals surface area contributed by atoms with Crippen molar-refractivity contribution in [1.29, 1.82) is 0 Å². The van der Waals surface area contributed by atoms with Crippen molar-refractivity contribution in [2.24, 2.45) is 0 Å². The van der Waals surface area contributed by atoms with Crippen LogP contribution in [-0.4, -0.2) is 47.4 Å². The molecule has 3 N–H and O–H groups in total. The van der Waals surface area contributed by atoms with E-state index in [1.807, 2.05) is 54.6 Å². The second kappa shape index (κ2) is 8.57. The van der Waals surface area contributed by atoms with E-state index < -0.39 is 12.1 Å². The SMILES string of the molecule is CCc1cccc(NC(=O)N[C@H]2C[C@H]3C(=O)N[C@H](Cc4ccccc4)C(=O)N3C2)c1. The summed E-state index contributed by atoms with van der Waals surface area (Å²) in [5.41, 5.74) is 2.86. The largest absolute Gasteiger partial charge is 0.342 e. The Morgan fingerprint density at radius 1 is 1.10 bits per heavy atom. The minimum Gasteiger partial charge on any atom is -0.342 e. The van der Waals surface area contributed by atoms with Gasteiger partial charge < -0.3 is 20.9 Å². The van der Waals surface area contributed by atoms with Crippen LogP contribution in [0.15, 0.2) is 54.6 Å². The van der Waals surface area contributed by atoms with Gasteiger partial charge in [-0.2, -0.15) is 0 Å². The summed E-state index contributed by atoms with van der Waals surface area (Å²) in [5.74, 6) is -0.250. The molecule has 30 heavy (non-hydrogen) atoms. The molecule has 156 valence electrons. The van der Waals surface area contributed by atoms with Gasteiger partial charge in [0.25, 0.3) is 0 Å². The number of aryl methyl sites for hydroxylation is 1. The highest BCUT2D eigenvalue weighted by Crippen LogP contribution is 2.24. The number of piperazine rings is 1. The van der Waals surface area contributed by atoms with Gasteiger partial charge in [0.05, 0.1) is 6.04 Å². The molecule has 2 heterocycles. The monoisotopic (exact) mass is 406 g/mol. The van der Waals surface area contributed by atoms with Gasteiger partial charge in [-0.1, -0.05) is 49.4 Å². The first-order chi connectivity index (χ1) is 14.5. The molecule has 3 atom stereocenters. The maximum absolute atomic E-state index is 12.9. The molecule has 0 saturated carbocycles. The van der Waals surface area contributed by atoms with Crippen LogP contribution in [0.1, 0.15) is 24.5 Å². The third-order valence-electron chi connectivity index (χ3n) is 5.71. The fourth-order valence-electron chi connectivity index (χ4n) is 4.17. The molecule has 4 amide bonds. The summed E-state index contributed by atoms with van der Waals surface area (Å²) in [6.07, 6.45) is 1.76. The number of hydrogen-bond acceptors (Lipinski definition) is 3. The zero-order chi connectivity index (χ0) is 21.1. The fraction of sp³-hybridized carbons (Fsp3) is 0.348. The Morgan fingerprint density at radius 3 is 2.63 bits per heavy atom. The maximum atomic E-state index is 12.9. The van der Waals surface area contributed by atoms with Crippen molar-refractivity contribution in [2.75, 3.05) is 11.9 Å². The minimum atomic E-state index is -0.569. The van der Waals surface area contributed by atoms with Crippen LogP contribution < -0.4 is 16.0 Å². The van der Waals surface area contributed by atoms with E-state index in [4.69, 9.17) is 0 Å². The van der Waals surface area contributed by atoms with Crippen LogP contribution in [0.5, 0.6) is 0 Å². The normalized spacial score (nSPS) is 23.0. The van der Waals surface area contributed by atoms with Gasteiger partial charge in [0.2, 0.25) is 11.8 Å². The molecule has 2 fully saturated rings. The second-order valence-electron chi connectivity index (χ2n) is 7.84. The third kappa shape index (κ3) is 4.30. The number of urea groups is 1. The van der Waals surface area contributed by atoms with Crippen LogP contribution in [0, 0.1) is 0 Å². The molecule has 2 saturated heterocycles. The van der Waals surface area contributed by atoms with Gasteiger partial charge in [0.1, 0.15) is 12.1 Å². The maximum Gasteiger partial charge on any atom is 0.319 e. The number of rotatable bonds is 5. The Morgan fingerprint density at radius 2 is 1.87 bits per heavy atom. The molecular formula is C23H26N4O3. The van der Waals surface area contributed by atoms with E-state index in [-0.39, 0.29) is 23.9 Å².